The maximum Gasteiger partial charge on any atom is 0.314 e. The molecule has 1 heterocycles. The standard InChI is InChI=1S/C29H41NO3/c1-26(2,3)18-6-8-19(9-7-18)29(25(32)33)17-13-22-20-10-11-23-27(4,15-14-24(31)30-23)21(20)12-16-28(22,29)5/h6-9,20-23H,10-17H2,1-5H3,(H,30,31)(H,32,33)/t20-,21-,22+,23?,27-,28+,29?/m1/s1. The summed E-state index contributed by atoms with van der Waals surface area (Å²) in [5.41, 5.74) is 1.42. The van der Waals surface area contributed by atoms with E-state index in [9.17, 15) is 14.7 Å². The third-order valence-corrected chi connectivity index (χ3v) is 10.9. The Balaban J connectivity index is 1.51. The van der Waals surface area contributed by atoms with Gasteiger partial charge in [0.2, 0.25) is 5.91 Å². The number of carbonyl (C=O) groups excluding carboxylic acids is 1. The smallest absolute Gasteiger partial charge is 0.314 e. The second-order valence-electron chi connectivity index (χ2n) is 13.1. The Labute approximate surface area is 198 Å². The number of aliphatic carboxylic acids is 1. The van der Waals surface area contributed by atoms with E-state index in [0.29, 0.717) is 30.2 Å². The van der Waals surface area contributed by atoms with E-state index in [-0.39, 0.29) is 22.2 Å². The molecule has 0 spiro atoms. The number of nitrogens with one attached hydrogen (secondary N) is 1. The number of carboxylic acid groups (broad SMARTS) is 1. The van der Waals surface area contributed by atoms with Gasteiger partial charge in [0.15, 0.2) is 0 Å². The minimum Gasteiger partial charge on any atom is -0.481 e. The predicted molar refractivity (Wildman–Crippen MR) is 130 cm³/mol. The minimum atomic E-state index is -0.808. The maximum atomic E-state index is 13.1. The van der Waals surface area contributed by atoms with Crippen molar-refractivity contribution >= 4 is 11.9 Å². The Morgan fingerprint density at radius 3 is 2.27 bits per heavy atom. The number of hydrogen-bond donors (Lipinski definition) is 2. The summed E-state index contributed by atoms with van der Waals surface area (Å²) in [6.45, 7) is 11.3. The van der Waals surface area contributed by atoms with Gasteiger partial charge in [-0.3, -0.25) is 9.59 Å². The highest BCUT2D eigenvalue weighted by molar-refractivity contribution is 5.83. The summed E-state index contributed by atoms with van der Waals surface area (Å²) >= 11 is 0. The molecular weight excluding hydrogens is 410 g/mol. The Kier molecular flexibility index (Phi) is 5.09. The fourth-order valence-corrected chi connectivity index (χ4v) is 8.95. The maximum absolute atomic E-state index is 13.1. The van der Waals surface area contributed by atoms with E-state index in [2.05, 4.69) is 64.2 Å². The lowest BCUT2D eigenvalue weighted by Crippen LogP contribution is -2.62. The average Bonchev–Trinajstić information content (AvgIpc) is 3.08. The molecule has 1 aromatic rings. The highest BCUT2D eigenvalue weighted by atomic mass is 16.4. The summed E-state index contributed by atoms with van der Waals surface area (Å²) in [4.78, 5) is 25.2. The molecule has 0 aromatic heterocycles. The fraction of sp³-hybridized carbons (Fsp3) is 0.724. The number of fused-ring (bicyclic) bond motifs is 5. The topological polar surface area (TPSA) is 66.4 Å². The van der Waals surface area contributed by atoms with Crippen LogP contribution in [0.3, 0.4) is 0 Å². The zero-order valence-electron chi connectivity index (χ0n) is 21.0. The summed E-state index contributed by atoms with van der Waals surface area (Å²) in [5.74, 6) is 1.16. The second-order valence-corrected chi connectivity index (χ2v) is 13.1. The van der Waals surface area contributed by atoms with Crippen LogP contribution in [0.4, 0.5) is 0 Å². The second kappa shape index (κ2) is 7.33. The lowest BCUT2D eigenvalue weighted by atomic mass is 9.45. The van der Waals surface area contributed by atoms with Crippen molar-refractivity contribution in [3.8, 4) is 0 Å². The largest absolute Gasteiger partial charge is 0.481 e. The quantitative estimate of drug-likeness (QED) is 0.595. The molecular formula is C29H41NO3. The Morgan fingerprint density at radius 2 is 1.64 bits per heavy atom. The summed E-state index contributed by atoms with van der Waals surface area (Å²) in [5, 5.41) is 14.1. The number of rotatable bonds is 2. The Morgan fingerprint density at radius 1 is 0.970 bits per heavy atom. The molecule has 33 heavy (non-hydrogen) atoms. The normalized spacial score (nSPS) is 42.6. The minimum absolute atomic E-state index is 0.0542. The van der Waals surface area contributed by atoms with Crippen molar-refractivity contribution in [1.29, 1.82) is 0 Å². The first-order valence-corrected chi connectivity index (χ1v) is 13.1. The molecule has 180 valence electrons. The first-order chi connectivity index (χ1) is 15.4. The average molecular weight is 452 g/mol. The number of benzene rings is 1. The Hall–Kier alpha value is -1.84. The molecule has 4 aliphatic rings. The predicted octanol–water partition coefficient (Wildman–Crippen LogP) is 5.83. The van der Waals surface area contributed by atoms with E-state index in [1.807, 2.05) is 0 Å². The van der Waals surface area contributed by atoms with Crippen LogP contribution in [0.1, 0.15) is 97.1 Å². The van der Waals surface area contributed by atoms with Gasteiger partial charge in [-0.25, -0.2) is 0 Å². The highest BCUT2D eigenvalue weighted by Gasteiger charge is 2.68. The Bertz CT molecular complexity index is 962. The van der Waals surface area contributed by atoms with Gasteiger partial charge in [-0.05, 0) is 90.1 Å². The van der Waals surface area contributed by atoms with Crippen molar-refractivity contribution in [2.75, 3.05) is 0 Å². The number of carboxylic acids is 1. The van der Waals surface area contributed by atoms with Crippen molar-refractivity contribution in [3.05, 3.63) is 35.4 Å². The molecule has 2 unspecified atom stereocenters. The van der Waals surface area contributed by atoms with Crippen LogP contribution in [0.5, 0.6) is 0 Å². The van der Waals surface area contributed by atoms with Crippen LogP contribution in [0.2, 0.25) is 0 Å². The van der Waals surface area contributed by atoms with Gasteiger partial charge in [0.25, 0.3) is 0 Å². The molecule has 1 aromatic carbocycles. The highest BCUT2D eigenvalue weighted by Crippen LogP contribution is 2.69. The lowest BCUT2D eigenvalue weighted by Gasteiger charge is -2.61. The number of carbonyl (C=O) groups is 2. The SMILES string of the molecule is CC(C)(C)c1ccc(C2(C(=O)O)CC[C@H]3[C@@H]4CCC5NC(=O)CC[C@]5(C)[C@@H]4CC[C@@]32C)cc1. The van der Waals surface area contributed by atoms with Gasteiger partial charge >= 0.3 is 5.97 Å². The van der Waals surface area contributed by atoms with E-state index < -0.39 is 11.4 Å². The zero-order valence-corrected chi connectivity index (χ0v) is 21.0. The molecule has 4 heteroatoms. The molecule has 5 rings (SSSR count). The molecule has 4 fully saturated rings. The molecule has 0 bridgehead atoms. The molecule has 4 nitrogen and oxygen atoms in total. The van der Waals surface area contributed by atoms with Gasteiger partial charge in [0.1, 0.15) is 0 Å². The first-order valence-electron chi connectivity index (χ1n) is 13.1. The van der Waals surface area contributed by atoms with Crippen molar-refractivity contribution in [2.45, 2.75) is 103 Å². The first kappa shape index (κ1) is 22.9. The van der Waals surface area contributed by atoms with E-state index in [0.717, 1.165) is 50.5 Å². The number of hydrogen-bond acceptors (Lipinski definition) is 2. The van der Waals surface area contributed by atoms with Crippen LogP contribution < -0.4 is 5.32 Å². The summed E-state index contributed by atoms with van der Waals surface area (Å²) in [6, 6.07) is 8.82. The van der Waals surface area contributed by atoms with E-state index in [4.69, 9.17) is 0 Å². The summed E-state index contributed by atoms with van der Waals surface area (Å²) in [7, 11) is 0. The van der Waals surface area contributed by atoms with Crippen LogP contribution in [0.25, 0.3) is 0 Å². The van der Waals surface area contributed by atoms with Crippen LogP contribution >= 0.6 is 0 Å². The van der Waals surface area contributed by atoms with Crippen molar-refractivity contribution in [3.63, 3.8) is 0 Å². The number of piperidine rings is 1. The van der Waals surface area contributed by atoms with Crippen molar-refractivity contribution in [1.82, 2.24) is 5.32 Å². The molecule has 0 radical (unpaired) electrons. The monoisotopic (exact) mass is 451 g/mol. The van der Waals surface area contributed by atoms with Gasteiger partial charge in [-0.1, -0.05) is 58.9 Å². The van der Waals surface area contributed by atoms with E-state index >= 15 is 0 Å². The third kappa shape index (κ3) is 3.08. The molecule has 7 atom stereocenters. The fourth-order valence-electron chi connectivity index (χ4n) is 8.95. The molecule has 1 saturated heterocycles. The van der Waals surface area contributed by atoms with E-state index in [1.165, 1.54) is 5.56 Å². The van der Waals surface area contributed by atoms with Crippen molar-refractivity contribution < 1.29 is 14.7 Å². The van der Waals surface area contributed by atoms with Gasteiger partial charge in [0, 0.05) is 12.5 Å². The summed E-state index contributed by atoms with van der Waals surface area (Å²) in [6.07, 6.45) is 7.54. The van der Waals surface area contributed by atoms with Crippen LogP contribution in [0.15, 0.2) is 24.3 Å². The van der Waals surface area contributed by atoms with Crippen molar-refractivity contribution in [2.24, 2.45) is 28.6 Å². The third-order valence-electron chi connectivity index (χ3n) is 10.9. The van der Waals surface area contributed by atoms with Gasteiger partial charge in [-0.2, -0.15) is 0 Å². The summed E-state index contributed by atoms with van der Waals surface area (Å²) < 4.78 is 0. The van der Waals surface area contributed by atoms with Crippen LogP contribution in [-0.2, 0) is 20.4 Å². The molecule has 1 amide bonds. The lowest BCUT2D eigenvalue weighted by molar-refractivity contribution is -0.157. The zero-order chi connectivity index (χ0) is 23.8. The van der Waals surface area contributed by atoms with Crippen LogP contribution in [0, 0.1) is 28.6 Å². The molecule has 3 saturated carbocycles. The molecule has 1 aliphatic heterocycles. The van der Waals surface area contributed by atoms with Gasteiger partial charge in [-0.15, -0.1) is 0 Å². The van der Waals surface area contributed by atoms with Crippen LogP contribution in [-0.4, -0.2) is 23.0 Å². The van der Waals surface area contributed by atoms with E-state index in [1.54, 1.807) is 0 Å². The molecule has 2 N–H and O–H groups in total. The van der Waals surface area contributed by atoms with Gasteiger partial charge in [0.05, 0.1) is 5.41 Å². The number of amides is 1. The molecule has 3 aliphatic carbocycles. The van der Waals surface area contributed by atoms with Gasteiger partial charge < -0.3 is 10.4 Å².